The number of rotatable bonds is 8. The molecule has 0 aliphatic carbocycles. The Kier molecular flexibility index (Phi) is 6.80. The molecule has 0 N–H and O–H groups in total. The number of carbonyl (C=O) groups is 1. The maximum atomic E-state index is 12.4. The summed E-state index contributed by atoms with van der Waals surface area (Å²) in [4.78, 5) is 21.3. The normalized spacial score (nSPS) is 11.3. The summed E-state index contributed by atoms with van der Waals surface area (Å²) < 4.78 is 2.13. The maximum Gasteiger partial charge on any atom is 0.222 e. The molecule has 1 amide bonds. The van der Waals surface area contributed by atoms with E-state index in [-0.39, 0.29) is 5.91 Å². The standard InChI is InChI=1S/C25H34N4O/c1-7-28(8-2)21-11-9-20(10-12-21)23-14-19(5)16-29-22(15-26-25(23)29)17-27(6)24(30)13-18(3)4/h9-12,14-16,18H,7-8,13,17H2,1-6H3. The highest BCUT2D eigenvalue weighted by atomic mass is 16.2. The fourth-order valence-electron chi connectivity index (χ4n) is 3.88. The van der Waals surface area contributed by atoms with Gasteiger partial charge in [0.15, 0.2) is 0 Å². The van der Waals surface area contributed by atoms with E-state index in [1.165, 1.54) is 11.3 Å². The van der Waals surface area contributed by atoms with Gasteiger partial charge in [-0.2, -0.15) is 0 Å². The van der Waals surface area contributed by atoms with E-state index in [2.05, 4.69) is 80.4 Å². The van der Waals surface area contributed by atoms with E-state index in [0.29, 0.717) is 18.9 Å². The summed E-state index contributed by atoms with van der Waals surface area (Å²) in [5.41, 5.74) is 6.62. The van der Waals surface area contributed by atoms with Gasteiger partial charge in [0.1, 0.15) is 5.65 Å². The van der Waals surface area contributed by atoms with Crippen molar-refractivity contribution >= 4 is 17.2 Å². The third-order valence-corrected chi connectivity index (χ3v) is 5.53. The lowest BCUT2D eigenvalue weighted by Crippen LogP contribution is -2.27. The second-order valence-corrected chi connectivity index (χ2v) is 8.44. The predicted molar refractivity (Wildman–Crippen MR) is 125 cm³/mol. The molecule has 3 rings (SSSR count). The molecule has 30 heavy (non-hydrogen) atoms. The van der Waals surface area contributed by atoms with Crippen molar-refractivity contribution in [3.63, 3.8) is 0 Å². The van der Waals surface area contributed by atoms with Crippen molar-refractivity contribution in [1.82, 2.24) is 14.3 Å². The molecule has 0 fully saturated rings. The first-order valence-corrected chi connectivity index (χ1v) is 10.9. The van der Waals surface area contributed by atoms with Gasteiger partial charge in [-0.05, 0) is 56.0 Å². The van der Waals surface area contributed by atoms with Crippen LogP contribution in [0.2, 0.25) is 0 Å². The minimum absolute atomic E-state index is 0.166. The van der Waals surface area contributed by atoms with Gasteiger partial charge in [-0.15, -0.1) is 0 Å². The third-order valence-electron chi connectivity index (χ3n) is 5.53. The Bertz CT molecular complexity index is 1000. The van der Waals surface area contributed by atoms with E-state index in [4.69, 9.17) is 4.98 Å². The molecule has 0 aliphatic heterocycles. The van der Waals surface area contributed by atoms with Gasteiger partial charge in [-0.1, -0.05) is 26.0 Å². The monoisotopic (exact) mass is 406 g/mol. The number of pyridine rings is 1. The lowest BCUT2D eigenvalue weighted by molar-refractivity contribution is -0.131. The molecular formula is C25H34N4O. The topological polar surface area (TPSA) is 40.9 Å². The lowest BCUT2D eigenvalue weighted by atomic mass is 10.0. The number of aromatic nitrogens is 2. The molecule has 0 bridgehead atoms. The zero-order valence-electron chi connectivity index (χ0n) is 19.1. The molecule has 0 spiro atoms. The largest absolute Gasteiger partial charge is 0.372 e. The van der Waals surface area contributed by atoms with E-state index in [1.807, 2.05) is 13.2 Å². The highest BCUT2D eigenvalue weighted by Crippen LogP contribution is 2.28. The molecule has 0 unspecified atom stereocenters. The number of fused-ring (bicyclic) bond motifs is 1. The first kappa shape index (κ1) is 21.9. The van der Waals surface area contributed by atoms with Gasteiger partial charge in [0.05, 0.1) is 18.4 Å². The number of anilines is 1. The number of hydrogen-bond donors (Lipinski definition) is 0. The van der Waals surface area contributed by atoms with Crippen molar-refractivity contribution in [2.24, 2.45) is 5.92 Å². The predicted octanol–water partition coefficient (Wildman–Crippen LogP) is 5.16. The Morgan fingerprint density at radius 2 is 1.80 bits per heavy atom. The molecule has 5 heteroatoms. The van der Waals surface area contributed by atoms with Gasteiger partial charge in [-0.25, -0.2) is 4.98 Å². The summed E-state index contributed by atoms with van der Waals surface area (Å²) in [5, 5.41) is 0. The van der Waals surface area contributed by atoms with Crippen molar-refractivity contribution in [3.8, 4) is 11.1 Å². The van der Waals surface area contributed by atoms with Crippen LogP contribution in [0.1, 0.15) is 45.4 Å². The van der Waals surface area contributed by atoms with E-state index < -0.39 is 0 Å². The third kappa shape index (κ3) is 4.66. The number of benzene rings is 1. The highest BCUT2D eigenvalue weighted by Gasteiger charge is 2.16. The molecule has 0 saturated heterocycles. The van der Waals surface area contributed by atoms with Gasteiger partial charge in [0.2, 0.25) is 5.91 Å². The van der Waals surface area contributed by atoms with Gasteiger partial charge in [0.25, 0.3) is 0 Å². The number of nitrogens with zero attached hydrogens (tertiary/aromatic N) is 4. The Morgan fingerprint density at radius 3 is 2.40 bits per heavy atom. The number of amides is 1. The average molecular weight is 407 g/mol. The minimum atomic E-state index is 0.166. The first-order valence-electron chi connectivity index (χ1n) is 10.9. The van der Waals surface area contributed by atoms with Crippen LogP contribution in [-0.2, 0) is 11.3 Å². The van der Waals surface area contributed by atoms with Crippen LogP contribution in [0, 0.1) is 12.8 Å². The van der Waals surface area contributed by atoms with Gasteiger partial charge in [-0.3, -0.25) is 4.79 Å². The van der Waals surface area contributed by atoms with Crippen LogP contribution in [0.5, 0.6) is 0 Å². The summed E-state index contributed by atoms with van der Waals surface area (Å²) >= 11 is 0. The van der Waals surface area contributed by atoms with E-state index in [1.54, 1.807) is 4.90 Å². The molecule has 0 radical (unpaired) electrons. The van der Waals surface area contributed by atoms with Gasteiger partial charge in [0, 0.05) is 44.0 Å². The van der Waals surface area contributed by atoms with Crippen LogP contribution in [0.15, 0.2) is 42.7 Å². The van der Waals surface area contributed by atoms with Crippen LogP contribution in [0.25, 0.3) is 16.8 Å². The number of carbonyl (C=O) groups excluding carboxylic acids is 1. The Balaban J connectivity index is 1.93. The summed E-state index contributed by atoms with van der Waals surface area (Å²) in [6, 6.07) is 10.9. The van der Waals surface area contributed by atoms with Crippen LogP contribution < -0.4 is 4.90 Å². The van der Waals surface area contributed by atoms with Crippen LogP contribution in [0.4, 0.5) is 5.69 Å². The second kappa shape index (κ2) is 9.33. The smallest absolute Gasteiger partial charge is 0.222 e. The number of imidazole rings is 1. The molecule has 0 aliphatic rings. The summed E-state index contributed by atoms with van der Waals surface area (Å²) in [6.07, 6.45) is 4.56. The fourth-order valence-corrected chi connectivity index (χ4v) is 3.88. The van der Waals surface area contributed by atoms with Crippen molar-refractivity contribution in [1.29, 1.82) is 0 Å². The van der Waals surface area contributed by atoms with E-state index in [9.17, 15) is 4.79 Å². The Morgan fingerprint density at radius 1 is 1.13 bits per heavy atom. The second-order valence-electron chi connectivity index (χ2n) is 8.44. The number of hydrogen-bond acceptors (Lipinski definition) is 3. The molecular weight excluding hydrogens is 372 g/mol. The average Bonchev–Trinajstić information content (AvgIpc) is 3.10. The zero-order chi connectivity index (χ0) is 21.8. The Labute approximate surface area is 180 Å². The molecule has 2 aromatic heterocycles. The summed E-state index contributed by atoms with van der Waals surface area (Å²) in [7, 11) is 1.87. The minimum Gasteiger partial charge on any atom is -0.372 e. The van der Waals surface area contributed by atoms with Gasteiger partial charge < -0.3 is 14.2 Å². The van der Waals surface area contributed by atoms with Crippen LogP contribution in [0.3, 0.4) is 0 Å². The zero-order valence-corrected chi connectivity index (χ0v) is 19.1. The SMILES string of the molecule is CCN(CC)c1ccc(-c2cc(C)cn3c(CN(C)C(=O)CC(C)C)cnc23)cc1. The number of aryl methyl sites for hydroxylation is 1. The van der Waals surface area contributed by atoms with E-state index in [0.717, 1.165) is 35.6 Å². The molecule has 1 aromatic carbocycles. The molecule has 5 nitrogen and oxygen atoms in total. The Hall–Kier alpha value is -2.82. The van der Waals surface area contributed by atoms with Crippen molar-refractivity contribution in [2.45, 2.75) is 47.6 Å². The maximum absolute atomic E-state index is 12.4. The molecule has 160 valence electrons. The van der Waals surface area contributed by atoms with Gasteiger partial charge >= 0.3 is 0 Å². The van der Waals surface area contributed by atoms with Crippen molar-refractivity contribution < 1.29 is 4.79 Å². The highest BCUT2D eigenvalue weighted by molar-refractivity contribution is 5.79. The summed E-state index contributed by atoms with van der Waals surface area (Å²) in [5.74, 6) is 0.523. The lowest BCUT2D eigenvalue weighted by Gasteiger charge is -2.21. The van der Waals surface area contributed by atoms with Crippen LogP contribution in [-0.4, -0.2) is 40.3 Å². The quantitative estimate of drug-likeness (QED) is 0.519. The first-order chi connectivity index (χ1) is 14.3. The van der Waals surface area contributed by atoms with Crippen molar-refractivity contribution in [2.75, 3.05) is 25.0 Å². The summed E-state index contributed by atoms with van der Waals surface area (Å²) in [6.45, 7) is 13.1. The van der Waals surface area contributed by atoms with E-state index >= 15 is 0 Å². The van der Waals surface area contributed by atoms with Crippen molar-refractivity contribution in [3.05, 3.63) is 54.0 Å². The molecule has 0 saturated carbocycles. The molecule has 2 heterocycles. The fraction of sp³-hybridized carbons (Fsp3) is 0.440. The molecule has 0 atom stereocenters. The van der Waals surface area contributed by atoms with Crippen LogP contribution >= 0.6 is 0 Å². The molecule has 3 aromatic rings.